The highest BCUT2D eigenvalue weighted by Crippen LogP contribution is 2.21. The van der Waals surface area contributed by atoms with Gasteiger partial charge in [0.15, 0.2) is 0 Å². The molecule has 1 saturated heterocycles. The predicted octanol–water partition coefficient (Wildman–Crippen LogP) is 2.10. The van der Waals surface area contributed by atoms with Crippen molar-refractivity contribution < 1.29 is 4.74 Å². The van der Waals surface area contributed by atoms with Crippen LogP contribution in [0.2, 0.25) is 0 Å². The van der Waals surface area contributed by atoms with Crippen LogP contribution in [-0.4, -0.2) is 25.8 Å². The number of benzene rings is 1. The number of allylic oxidation sites excluding steroid dienone is 2. The molecule has 2 aliphatic rings. The molecule has 114 valence electrons. The fourth-order valence-corrected chi connectivity index (χ4v) is 2.81. The van der Waals surface area contributed by atoms with E-state index in [4.69, 9.17) is 10.00 Å². The Hall–Kier alpha value is -2.09. The molecule has 0 radical (unpaired) electrons. The molecule has 1 heterocycles. The van der Waals surface area contributed by atoms with Crippen LogP contribution in [-0.2, 0) is 11.3 Å². The van der Waals surface area contributed by atoms with Gasteiger partial charge < -0.3 is 15.4 Å². The molecule has 1 aliphatic heterocycles. The van der Waals surface area contributed by atoms with Crippen molar-refractivity contribution >= 4 is 0 Å². The molecule has 0 saturated carbocycles. The minimum atomic E-state index is 0.293. The van der Waals surface area contributed by atoms with Gasteiger partial charge in [0.05, 0.1) is 24.3 Å². The molecule has 1 aromatic carbocycles. The maximum atomic E-state index is 8.80. The standard InChI is InChI=1S/C18H21N3O/c19-11-14-1-3-15(4-2-14)12-21-17-7-5-16(6-8-17)18-13-20-9-10-22-18/h1-5,7-8,16,18,20-21H,6,9-10,12-13H2/t16?,18-/m1/s1. The molecule has 0 bridgehead atoms. The van der Waals surface area contributed by atoms with Crippen LogP contribution < -0.4 is 10.6 Å². The van der Waals surface area contributed by atoms with Crippen LogP contribution in [0.15, 0.2) is 48.2 Å². The van der Waals surface area contributed by atoms with E-state index in [9.17, 15) is 0 Å². The fourth-order valence-electron chi connectivity index (χ4n) is 2.81. The number of hydrogen-bond donors (Lipinski definition) is 2. The Bertz CT molecular complexity index is 592. The maximum absolute atomic E-state index is 8.80. The minimum Gasteiger partial charge on any atom is -0.381 e. The van der Waals surface area contributed by atoms with Gasteiger partial charge in [-0.3, -0.25) is 0 Å². The second-order valence-corrected chi connectivity index (χ2v) is 5.69. The van der Waals surface area contributed by atoms with Gasteiger partial charge in [-0.1, -0.05) is 24.3 Å². The van der Waals surface area contributed by atoms with Crippen molar-refractivity contribution in [3.63, 3.8) is 0 Å². The Morgan fingerprint density at radius 3 is 2.82 bits per heavy atom. The highest BCUT2D eigenvalue weighted by Gasteiger charge is 2.23. The van der Waals surface area contributed by atoms with E-state index >= 15 is 0 Å². The van der Waals surface area contributed by atoms with Crippen LogP contribution in [0.3, 0.4) is 0 Å². The smallest absolute Gasteiger partial charge is 0.0991 e. The van der Waals surface area contributed by atoms with Crippen molar-refractivity contribution in [3.05, 3.63) is 59.3 Å². The zero-order valence-electron chi connectivity index (χ0n) is 12.6. The number of hydrogen-bond acceptors (Lipinski definition) is 4. The van der Waals surface area contributed by atoms with E-state index in [1.54, 1.807) is 0 Å². The summed E-state index contributed by atoms with van der Waals surface area (Å²) < 4.78 is 5.81. The van der Waals surface area contributed by atoms with Gasteiger partial charge in [0, 0.05) is 31.2 Å². The predicted molar refractivity (Wildman–Crippen MR) is 85.9 cm³/mol. The molecule has 3 rings (SSSR count). The Balaban J connectivity index is 1.49. The van der Waals surface area contributed by atoms with Gasteiger partial charge in [0.25, 0.3) is 0 Å². The average molecular weight is 295 g/mol. The topological polar surface area (TPSA) is 57.1 Å². The molecule has 22 heavy (non-hydrogen) atoms. The maximum Gasteiger partial charge on any atom is 0.0991 e. The summed E-state index contributed by atoms with van der Waals surface area (Å²) in [6, 6.07) is 9.82. The van der Waals surface area contributed by atoms with Gasteiger partial charge in [-0.25, -0.2) is 0 Å². The van der Waals surface area contributed by atoms with Crippen molar-refractivity contribution in [2.75, 3.05) is 19.7 Å². The molecule has 1 fully saturated rings. The number of rotatable bonds is 4. The lowest BCUT2D eigenvalue weighted by molar-refractivity contribution is 0.00350. The zero-order valence-corrected chi connectivity index (χ0v) is 12.6. The molecule has 2 atom stereocenters. The highest BCUT2D eigenvalue weighted by molar-refractivity contribution is 5.32. The van der Waals surface area contributed by atoms with Crippen LogP contribution in [0, 0.1) is 17.2 Å². The van der Waals surface area contributed by atoms with E-state index in [0.717, 1.165) is 38.4 Å². The second kappa shape index (κ2) is 7.26. The van der Waals surface area contributed by atoms with Gasteiger partial charge in [-0.05, 0) is 30.2 Å². The normalized spacial score (nSPS) is 24.4. The summed E-state index contributed by atoms with van der Waals surface area (Å²) in [6.07, 6.45) is 7.95. The summed E-state index contributed by atoms with van der Waals surface area (Å²) in [5, 5.41) is 15.6. The SMILES string of the molecule is N#Cc1ccc(CNC2=CCC([C@H]3CNCCO3)C=C2)cc1. The van der Waals surface area contributed by atoms with Gasteiger partial charge in [0.1, 0.15) is 0 Å². The van der Waals surface area contributed by atoms with Crippen LogP contribution in [0.25, 0.3) is 0 Å². The largest absolute Gasteiger partial charge is 0.381 e. The lowest BCUT2D eigenvalue weighted by atomic mass is 9.93. The Morgan fingerprint density at radius 1 is 1.32 bits per heavy atom. The molecular formula is C18H21N3O. The van der Waals surface area contributed by atoms with Crippen molar-refractivity contribution in [2.45, 2.75) is 19.1 Å². The Morgan fingerprint density at radius 2 is 2.18 bits per heavy atom. The van der Waals surface area contributed by atoms with Gasteiger partial charge in [-0.15, -0.1) is 0 Å². The van der Waals surface area contributed by atoms with E-state index in [1.165, 1.54) is 5.56 Å². The summed E-state index contributed by atoms with van der Waals surface area (Å²) in [7, 11) is 0. The second-order valence-electron chi connectivity index (χ2n) is 5.69. The van der Waals surface area contributed by atoms with Crippen molar-refractivity contribution in [1.29, 1.82) is 5.26 Å². The Labute approximate surface area is 131 Å². The first-order valence-corrected chi connectivity index (χ1v) is 7.79. The average Bonchev–Trinajstić information content (AvgIpc) is 2.61. The molecule has 1 aromatic rings. The van der Waals surface area contributed by atoms with E-state index in [0.29, 0.717) is 17.6 Å². The third-order valence-corrected chi connectivity index (χ3v) is 4.15. The van der Waals surface area contributed by atoms with Crippen LogP contribution >= 0.6 is 0 Å². The first kappa shape index (κ1) is 14.8. The number of ether oxygens (including phenoxy) is 1. The zero-order chi connectivity index (χ0) is 15.2. The number of nitrogens with zero attached hydrogens (tertiary/aromatic N) is 1. The van der Waals surface area contributed by atoms with Crippen LogP contribution in [0.5, 0.6) is 0 Å². The molecule has 4 heteroatoms. The number of nitriles is 1. The number of nitrogens with one attached hydrogen (secondary N) is 2. The van der Waals surface area contributed by atoms with Gasteiger partial charge >= 0.3 is 0 Å². The molecule has 2 N–H and O–H groups in total. The third kappa shape index (κ3) is 3.76. The van der Waals surface area contributed by atoms with Crippen molar-refractivity contribution in [3.8, 4) is 6.07 Å². The number of morpholine rings is 1. The quantitative estimate of drug-likeness (QED) is 0.893. The summed E-state index contributed by atoms with van der Waals surface area (Å²) in [5.74, 6) is 0.466. The molecule has 0 spiro atoms. The molecule has 0 aromatic heterocycles. The molecule has 1 unspecified atom stereocenters. The lowest BCUT2D eigenvalue weighted by Crippen LogP contribution is -2.42. The van der Waals surface area contributed by atoms with E-state index in [1.807, 2.05) is 24.3 Å². The molecule has 1 aliphatic carbocycles. The third-order valence-electron chi connectivity index (χ3n) is 4.15. The van der Waals surface area contributed by atoms with E-state index in [-0.39, 0.29) is 0 Å². The summed E-state index contributed by atoms with van der Waals surface area (Å²) >= 11 is 0. The Kier molecular flexibility index (Phi) is 4.89. The fraction of sp³-hybridized carbons (Fsp3) is 0.389. The van der Waals surface area contributed by atoms with Gasteiger partial charge in [-0.2, -0.15) is 5.26 Å². The molecule has 0 amide bonds. The van der Waals surface area contributed by atoms with Crippen LogP contribution in [0.4, 0.5) is 0 Å². The van der Waals surface area contributed by atoms with Crippen LogP contribution in [0.1, 0.15) is 17.5 Å². The molecular weight excluding hydrogens is 274 g/mol. The summed E-state index contributed by atoms with van der Waals surface area (Å²) in [6.45, 7) is 3.48. The first-order valence-electron chi connectivity index (χ1n) is 7.79. The van der Waals surface area contributed by atoms with E-state index < -0.39 is 0 Å². The van der Waals surface area contributed by atoms with Gasteiger partial charge in [0.2, 0.25) is 0 Å². The lowest BCUT2D eigenvalue weighted by Gasteiger charge is -2.30. The monoisotopic (exact) mass is 295 g/mol. The highest BCUT2D eigenvalue weighted by atomic mass is 16.5. The minimum absolute atomic E-state index is 0.293. The van der Waals surface area contributed by atoms with Crippen molar-refractivity contribution in [2.24, 2.45) is 5.92 Å². The first-order chi connectivity index (χ1) is 10.8. The molecule has 4 nitrogen and oxygen atoms in total. The summed E-state index contributed by atoms with van der Waals surface area (Å²) in [4.78, 5) is 0. The summed E-state index contributed by atoms with van der Waals surface area (Å²) in [5.41, 5.74) is 3.03. The van der Waals surface area contributed by atoms with E-state index in [2.05, 4.69) is 34.9 Å². The van der Waals surface area contributed by atoms with Crippen molar-refractivity contribution in [1.82, 2.24) is 10.6 Å².